The van der Waals surface area contributed by atoms with Crippen LogP contribution in [0.2, 0.25) is 4.34 Å². The fraction of sp³-hybridized carbons (Fsp3) is 0.214. The minimum absolute atomic E-state index is 0.106. The number of nitrogens with one attached hydrogen (secondary N) is 1. The summed E-state index contributed by atoms with van der Waals surface area (Å²) in [5.41, 5.74) is 0.994. The third kappa shape index (κ3) is 3.53. The van der Waals surface area contributed by atoms with Gasteiger partial charge < -0.3 is 10.1 Å². The molecule has 0 bridgehead atoms. The highest BCUT2D eigenvalue weighted by Crippen LogP contribution is 2.28. The Balaban J connectivity index is 2.10. The zero-order chi connectivity index (χ0) is 14.7. The average Bonchev–Trinajstić information content (AvgIpc) is 2.85. The number of rotatable bonds is 4. The second-order valence-corrected chi connectivity index (χ2v) is 6.76. The lowest BCUT2D eigenvalue weighted by molar-refractivity contribution is 0.0944. The number of benzene rings is 1. The normalized spacial score (nSPS) is 12.0. The molecule has 1 atom stereocenters. The van der Waals surface area contributed by atoms with Crippen molar-refractivity contribution in [3.63, 3.8) is 0 Å². The van der Waals surface area contributed by atoms with Gasteiger partial charge in [0.15, 0.2) is 0 Å². The molecule has 1 aromatic carbocycles. The number of carbonyl (C=O) groups excluding carboxylic acids is 1. The van der Waals surface area contributed by atoms with Gasteiger partial charge in [-0.3, -0.25) is 4.79 Å². The number of hydrogen-bond donors (Lipinski definition) is 1. The van der Waals surface area contributed by atoms with E-state index >= 15 is 0 Å². The molecule has 2 rings (SSSR count). The molecule has 20 heavy (non-hydrogen) atoms. The first-order valence-corrected chi connectivity index (χ1v) is 7.89. The second kappa shape index (κ2) is 6.61. The third-order valence-corrected chi connectivity index (χ3v) is 4.67. The summed E-state index contributed by atoms with van der Waals surface area (Å²) in [6.07, 6.45) is 0. The first-order valence-electron chi connectivity index (χ1n) is 5.91. The number of amides is 1. The van der Waals surface area contributed by atoms with Gasteiger partial charge in [-0.25, -0.2) is 0 Å². The monoisotopic (exact) mass is 373 g/mol. The minimum atomic E-state index is -0.124. The van der Waals surface area contributed by atoms with Gasteiger partial charge in [-0.05, 0) is 52.7 Å². The fourth-order valence-corrected chi connectivity index (χ4v) is 3.24. The molecular weight excluding hydrogens is 362 g/mol. The van der Waals surface area contributed by atoms with Crippen LogP contribution in [0.5, 0.6) is 5.75 Å². The Morgan fingerprint density at radius 3 is 2.70 bits per heavy atom. The molecule has 0 spiro atoms. The smallest absolute Gasteiger partial charge is 0.261 e. The number of carbonyl (C=O) groups is 1. The van der Waals surface area contributed by atoms with Crippen molar-refractivity contribution in [2.45, 2.75) is 13.0 Å². The lowest BCUT2D eigenvalue weighted by atomic mass is 10.1. The summed E-state index contributed by atoms with van der Waals surface area (Å²) in [6, 6.07) is 9.06. The van der Waals surface area contributed by atoms with Gasteiger partial charge >= 0.3 is 0 Å². The summed E-state index contributed by atoms with van der Waals surface area (Å²) in [4.78, 5) is 12.7. The van der Waals surface area contributed by atoms with Gasteiger partial charge in [0.25, 0.3) is 5.91 Å². The van der Waals surface area contributed by atoms with Crippen LogP contribution in [0.4, 0.5) is 0 Å². The van der Waals surface area contributed by atoms with Crippen molar-refractivity contribution in [1.82, 2.24) is 5.32 Å². The van der Waals surface area contributed by atoms with Crippen molar-refractivity contribution in [2.24, 2.45) is 0 Å². The molecule has 0 aliphatic carbocycles. The lowest BCUT2D eigenvalue weighted by Gasteiger charge is -2.15. The van der Waals surface area contributed by atoms with Crippen LogP contribution >= 0.6 is 38.9 Å². The predicted molar refractivity (Wildman–Crippen MR) is 85.9 cm³/mol. The highest BCUT2D eigenvalue weighted by Gasteiger charge is 2.14. The maximum atomic E-state index is 12.1. The molecule has 0 aliphatic rings. The van der Waals surface area contributed by atoms with Crippen LogP contribution in [-0.4, -0.2) is 13.0 Å². The highest BCUT2D eigenvalue weighted by atomic mass is 79.9. The molecule has 2 aromatic rings. The van der Waals surface area contributed by atoms with Gasteiger partial charge in [0.2, 0.25) is 0 Å². The molecular formula is C14H13BrClNO2S. The van der Waals surface area contributed by atoms with Crippen LogP contribution in [-0.2, 0) is 0 Å². The molecule has 1 aromatic heterocycles. The maximum absolute atomic E-state index is 12.1. The predicted octanol–water partition coefficient (Wildman–Crippen LogP) is 4.66. The number of methoxy groups -OCH3 is 1. The summed E-state index contributed by atoms with van der Waals surface area (Å²) in [6.45, 7) is 1.93. The summed E-state index contributed by atoms with van der Waals surface area (Å²) in [5, 5.41) is 2.94. The maximum Gasteiger partial charge on any atom is 0.261 e. The van der Waals surface area contributed by atoms with E-state index in [4.69, 9.17) is 16.3 Å². The fourth-order valence-electron chi connectivity index (χ4n) is 1.74. The number of ether oxygens (including phenoxy) is 1. The van der Waals surface area contributed by atoms with E-state index in [1.165, 1.54) is 11.3 Å². The van der Waals surface area contributed by atoms with Crippen molar-refractivity contribution in [3.8, 4) is 5.75 Å². The molecule has 1 heterocycles. The molecule has 0 saturated heterocycles. The van der Waals surface area contributed by atoms with Crippen LogP contribution in [0, 0.1) is 0 Å². The summed E-state index contributed by atoms with van der Waals surface area (Å²) < 4.78 is 6.65. The van der Waals surface area contributed by atoms with Crippen LogP contribution < -0.4 is 10.1 Å². The van der Waals surface area contributed by atoms with Crippen LogP contribution in [0.3, 0.4) is 0 Å². The first-order chi connectivity index (χ1) is 9.51. The zero-order valence-corrected chi connectivity index (χ0v) is 14.1. The standard InChI is InChI=1S/C14H13BrClNO2S/c1-8(9-3-4-11(19-2)10(15)7-9)17-14(18)12-5-6-13(16)20-12/h3-8H,1-2H3,(H,17,18). The Bertz CT molecular complexity index is 629. The van der Waals surface area contributed by atoms with Crippen molar-refractivity contribution in [2.75, 3.05) is 7.11 Å². The minimum Gasteiger partial charge on any atom is -0.496 e. The molecule has 1 N–H and O–H groups in total. The Kier molecular flexibility index (Phi) is 5.07. The van der Waals surface area contributed by atoms with Crippen LogP contribution in [0.1, 0.15) is 28.2 Å². The van der Waals surface area contributed by atoms with E-state index in [-0.39, 0.29) is 11.9 Å². The van der Waals surface area contributed by atoms with Crippen molar-refractivity contribution >= 4 is 44.8 Å². The van der Waals surface area contributed by atoms with Crippen molar-refractivity contribution in [1.29, 1.82) is 0 Å². The molecule has 1 unspecified atom stereocenters. The second-order valence-electron chi connectivity index (χ2n) is 4.19. The zero-order valence-electron chi connectivity index (χ0n) is 10.9. The van der Waals surface area contributed by atoms with Crippen molar-refractivity contribution < 1.29 is 9.53 Å². The van der Waals surface area contributed by atoms with E-state index in [9.17, 15) is 4.79 Å². The molecule has 106 valence electrons. The van der Waals surface area contributed by atoms with E-state index < -0.39 is 0 Å². The van der Waals surface area contributed by atoms with Gasteiger partial charge in [-0.15, -0.1) is 11.3 Å². The van der Waals surface area contributed by atoms with Gasteiger partial charge in [0.1, 0.15) is 5.75 Å². The van der Waals surface area contributed by atoms with E-state index in [0.717, 1.165) is 15.8 Å². The first kappa shape index (κ1) is 15.4. The Labute approximate surface area is 135 Å². The highest BCUT2D eigenvalue weighted by molar-refractivity contribution is 9.10. The van der Waals surface area contributed by atoms with E-state index in [2.05, 4.69) is 21.2 Å². The Morgan fingerprint density at radius 1 is 1.40 bits per heavy atom. The Morgan fingerprint density at radius 2 is 2.15 bits per heavy atom. The summed E-state index contributed by atoms with van der Waals surface area (Å²) in [7, 11) is 1.62. The molecule has 3 nitrogen and oxygen atoms in total. The number of thiophene rings is 1. The average molecular weight is 375 g/mol. The number of hydrogen-bond acceptors (Lipinski definition) is 3. The van der Waals surface area contributed by atoms with E-state index in [0.29, 0.717) is 9.21 Å². The molecule has 6 heteroatoms. The number of halogens is 2. The molecule has 0 aliphatic heterocycles. The third-order valence-electron chi connectivity index (χ3n) is 2.82. The summed E-state index contributed by atoms with van der Waals surface area (Å²) in [5.74, 6) is 0.638. The van der Waals surface area contributed by atoms with Crippen LogP contribution in [0.25, 0.3) is 0 Å². The Hall–Kier alpha value is -1.04. The lowest BCUT2D eigenvalue weighted by Crippen LogP contribution is -2.25. The van der Waals surface area contributed by atoms with E-state index in [1.54, 1.807) is 19.2 Å². The largest absolute Gasteiger partial charge is 0.496 e. The molecule has 0 saturated carbocycles. The van der Waals surface area contributed by atoms with Crippen molar-refractivity contribution in [3.05, 3.63) is 49.6 Å². The van der Waals surface area contributed by atoms with Gasteiger partial charge in [0, 0.05) is 0 Å². The SMILES string of the molecule is COc1ccc(C(C)NC(=O)c2ccc(Cl)s2)cc1Br. The summed E-state index contributed by atoms with van der Waals surface area (Å²) >= 11 is 10.5. The quantitative estimate of drug-likeness (QED) is 0.845. The molecule has 0 radical (unpaired) electrons. The van der Waals surface area contributed by atoms with Crippen LogP contribution in [0.15, 0.2) is 34.8 Å². The van der Waals surface area contributed by atoms with Gasteiger partial charge in [-0.1, -0.05) is 17.7 Å². The van der Waals surface area contributed by atoms with Gasteiger partial charge in [-0.2, -0.15) is 0 Å². The molecule has 1 amide bonds. The van der Waals surface area contributed by atoms with E-state index in [1.807, 2.05) is 25.1 Å². The topological polar surface area (TPSA) is 38.3 Å². The molecule has 0 fully saturated rings. The van der Waals surface area contributed by atoms with Gasteiger partial charge in [0.05, 0.1) is 26.8 Å².